The number of piperazine rings is 1. The number of hydrogen-bond acceptors (Lipinski definition) is 3. The minimum absolute atomic E-state index is 0.0148. The van der Waals surface area contributed by atoms with Gasteiger partial charge in [-0.2, -0.15) is 0 Å². The Balaban J connectivity index is 1.85. The Kier molecular flexibility index (Phi) is 4.22. The fourth-order valence-electron chi connectivity index (χ4n) is 2.82. The summed E-state index contributed by atoms with van der Waals surface area (Å²) in [6, 6.07) is -0.00666. The predicted octanol–water partition coefficient (Wildman–Crippen LogP) is 0.0153. The van der Waals surface area contributed by atoms with Crippen LogP contribution in [0.5, 0.6) is 0 Å². The van der Waals surface area contributed by atoms with Crippen LogP contribution < -0.4 is 16.0 Å². The van der Waals surface area contributed by atoms with Crippen LogP contribution in [-0.2, 0) is 9.59 Å². The van der Waals surface area contributed by atoms with Crippen LogP contribution in [0.3, 0.4) is 0 Å². The number of carbonyl (C=O) groups excluding carboxylic acids is 2. The Morgan fingerprint density at radius 3 is 2.78 bits per heavy atom. The molecule has 4 atom stereocenters. The van der Waals surface area contributed by atoms with Gasteiger partial charge in [-0.15, -0.1) is 0 Å². The molecule has 1 aliphatic heterocycles. The normalized spacial score (nSPS) is 36.9. The molecule has 1 saturated carbocycles. The highest BCUT2D eigenvalue weighted by Gasteiger charge is 2.31. The van der Waals surface area contributed by atoms with Crippen molar-refractivity contribution in [3.8, 4) is 0 Å². The molecule has 3 N–H and O–H groups in total. The minimum atomic E-state index is -0.285. The average Bonchev–Trinajstić information content (AvgIpc) is 2.36. The van der Waals surface area contributed by atoms with E-state index in [4.69, 9.17) is 0 Å². The van der Waals surface area contributed by atoms with Gasteiger partial charge < -0.3 is 10.6 Å². The third kappa shape index (κ3) is 3.02. The summed E-state index contributed by atoms with van der Waals surface area (Å²) in [6.45, 7) is 5.09. The molecule has 0 aromatic heterocycles. The van der Waals surface area contributed by atoms with Gasteiger partial charge in [-0.1, -0.05) is 26.7 Å². The van der Waals surface area contributed by atoms with E-state index in [1.54, 1.807) is 0 Å². The molecule has 102 valence electrons. The lowest BCUT2D eigenvalue weighted by molar-refractivity contribution is -0.127. The van der Waals surface area contributed by atoms with Crippen molar-refractivity contribution in [1.29, 1.82) is 0 Å². The molecular weight excluding hydrogens is 230 g/mol. The largest absolute Gasteiger partial charge is 0.353 e. The van der Waals surface area contributed by atoms with Gasteiger partial charge in [0.2, 0.25) is 11.8 Å². The summed E-state index contributed by atoms with van der Waals surface area (Å²) < 4.78 is 0. The Morgan fingerprint density at radius 2 is 2.11 bits per heavy atom. The molecule has 0 spiro atoms. The van der Waals surface area contributed by atoms with Crippen molar-refractivity contribution < 1.29 is 9.59 Å². The number of rotatable bonds is 2. The van der Waals surface area contributed by atoms with Crippen molar-refractivity contribution in [3.63, 3.8) is 0 Å². The van der Waals surface area contributed by atoms with Crippen molar-refractivity contribution in [2.75, 3.05) is 13.1 Å². The van der Waals surface area contributed by atoms with E-state index in [1.165, 1.54) is 12.8 Å². The highest BCUT2D eigenvalue weighted by Crippen LogP contribution is 2.29. The van der Waals surface area contributed by atoms with Gasteiger partial charge in [-0.3, -0.25) is 14.9 Å². The maximum atomic E-state index is 12.1. The first-order valence-corrected chi connectivity index (χ1v) is 6.88. The second kappa shape index (κ2) is 5.69. The van der Waals surface area contributed by atoms with Gasteiger partial charge in [-0.05, 0) is 18.3 Å². The van der Waals surface area contributed by atoms with Gasteiger partial charge in [0.15, 0.2) is 0 Å². The molecule has 4 unspecified atom stereocenters. The standard InChI is InChI=1S/C13H23N3O2/c1-8-4-3-5-10(9(8)2)16-13(18)11-6-15-12(17)7-14-11/h8-11,14H,3-7H2,1-2H3,(H,15,17)(H,16,18). The van der Waals surface area contributed by atoms with Crippen molar-refractivity contribution >= 4 is 11.8 Å². The molecule has 5 heteroatoms. The predicted molar refractivity (Wildman–Crippen MR) is 68.9 cm³/mol. The summed E-state index contributed by atoms with van der Waals surface area (Å²) in [6.07, 6.45) is 3.51. The molecule has 18 heavy (non-hydrogen) atoms. The first-order valence-electron chi connectivity index (χ1n) is 6.88. The molecule has 5 nitrogen and oxygen atoms in total. The lowest BCUT2D eigenvalue weighted by Crippen LogP contribution is -2.60. The van der Waals surface area contributed by atoms with E-state index in [1.807, 2.05) is 0 Å². The summed E-state index contributed by atoms with van der Waals surface area (Å²) in [5, 5.41) is 8.80. The first kappa shape index (κ1) is 13.3. The smallest absolute Gasteiger partial charge is 0.239 e. The zero-order chi connectivity index (χ0) is 13.1. The van der Waals surface area contributed by atoms with E-state index in [-0.39, 0.29) is 30.4 Å². The monoisotopic (exact) mass is 253 g/mol. The van der Waals surface area contributed by atoms with Crippen molar-refractivity contribution in [2.45, 2.75) is 45.2 Å². The summed E-state index contributed by atoms with van der Waals surface area (Å²) in [7, 11) is 0. The maximum Gasteiger partial charge on any atom is 0.239 e. The average molecular weight is 253 g/mol. The van der Waals surface area contributed by atoms with E-state index >= 15 is 0 Å². The van der Waals surface area contributed by atoms with Crippen molar-refractivity contribution in [1.82, 2.24) is 16.0 Å². The Labute approximate surface area is 108 Å². The van der Waals surface area contributed by atoms with E-state index in [0.717, 1.165) is 6.42 Å². The van der Waals surface area contributed by atoms with E-state index in [9.17, 15) is 9.59 Å². The quantitative estimate of drug-likeness (QED) is 0.649. The fourth-order valence-corrected chi connectivity index (χ4v) is 2.82. The molecule has 1 saturated heterocycles. The molecule has 0 radical (unpaired) electrons. The lowest BCUT2D eigenvalue weighted by Gasteiger charge is -2.36. The molecule has 2 fully saturated rings. The molecule has 0 aromatic rings. The maximum absolute atomic E-state index is 12.1. The van der Waals surface area contributed by atoms with Crippen LogP contribution in [0.1, 0.15) is 33.1 Å². The second-order valence-electron chi connectivity index (χ2n) is 5.62. The molecular formula is C13H23N3O2. The van der Waals surface area contributed by atoms with Gasteiger partial charge >= 0.3 is 0 Å². The molecule has 0 bridgehead atoms. The van der Waals surface area contributed by atoms with E-state index in [2.05, 4.69) is 29.8 Å². The van der Waals surface area contributed by atoms with Gasteiger partial charge in [0.1, 0.15) is 6.04 Å². The van der Waals surface area contributed by atoms with Crippen LogP contribution in [0.15, 0.2) is 0 Å². The zero-order valence-electron chi connectivity index (χ0n) is 11.2. The van der Waals surface area contributed by atoms with Gasteiger partial charge in [-0.25, -0.2) is 0 Å². The third-order valence-corrected chi connectivity index (χ3v) is 4.36. The van der Waals surface area contributed by atoms with Gasteiger partial charge in [0.05, 0.1) is 6.54 Å². The summed E-state index contributed by atoms with van der Waals surface area (Å²) >= 11 is 0. The lowest BCUT2D eigenvalue weighted by atomic mass is 9.78. The highest BCUT2D eigenvalue weighted by atomic mass is 16.2. The SMILES string of the molecule is CC1CCCC(NC(=O)C2CNC(=O)CN2)C1C. The Bertz CT molecular complexity index is 322. The number of nitrogens with one attached hydrogen (secondary N) is 3. The van der Waals surface area contributed by atoms with Crippen molar-refractivity contribution in [2.24, 2.45) is 11.8 Å². The van der Waals surface area contributed by atoms with Gasteiger partial charge in [0.25, 0.3) is 0 Å². The van der Waals surface area contributed by atoms with Crippen LogP contribution >= 0.6 is 0 Å². The summed E-state index contributed by atoms with van der Waals surface area (Å²) in [4.78, 5) is 23.1. The molecule has 2 aliphatic rings. The molecule has 1 aliphatic carbocycles. The van der Waals surface area contributed by atoms with Crippen LogP contribution in [0.25, 0.3) is 0 Å². The highest BCUT2D eigenvalue weighted by molar-refractivity contribution is 5.86. The zero-order valence-corrected chi connectivity index (χ0v) is 11.2. The summed E-state index contributed by atoms with van der Waals surface area (Å²) in [5.41, 5.74) is 0. The molecule has 1 heterocycles. The van der Waals surface area contributed by atoms with Gasteiger partial charge in [0, 0.05) is 12.6 Å². The van der Waals surface area contributed by atoms with E-state index < -0.39 is 0 Å². The Morgan fingerprint density at radius 1 is 1.33 bits per heavy atom. The fraction of sp³-hybridized carbons (Fsp3) is 0.846. The second-order valence-corrected chi connectivity index (χ2v) is 5.62. The molecule has 2 rings (SSSR count). The molecule has 0 aromatic carbocycles. The van der Waals surface area contributed by atoms with Crippen LogP contribution in [0, 0.1) is 11.8 Å². The van der Waals surface area contributed by atoms with Crippen LogP contribution in [-0.4, -0.2) is 37.0 Å². The van der Waals surface area contributed by atoms with E-state index in [0.29, 0.717) is 18.4 Å². The van der Waals surface area contributed by atoms with Crippen LogP contribution in [0.4, 0.5) is 0 Å². The topological polar surface area (TPSA) is 70.2 Å². The Hall–Kier alpha value is -1.10. The molecule has 2 amide bonds. The summed E-state index contributed by atoms with van der Waals surface area (Å²) in [5.74, 6) is 1.17. The number of carbonyl (C=O) groups is 2. The first-order chi connectivity index (χ1) is 8.58. The minimum Gasteiger partial charge on any atom is -0.353 e. The van der Waals surface area contributed by atoms with Crippen LogP contribution in [0.2, 0.25) is 0 Å². The number of hydrogen-bond donors (Lipinski definition) is 3. The third-order valence-electron chi connectivity index (χ3n) is 4.36. The number of amides is 2. The van der Waals surface area contributed by atoms with Crippen molar-refractivity contribution in [3.05, 3.63) is 0 Å².